The van der Waals surface area contributed by atoms with Crippen LogP contribution >= 0.6 is 0 Å². The molecule has 1 aromatic carbocycles. The lowest BCUT2D eigenvalue weighted by Gasteiger charge is -2.37. The minimum atomic E-state index is -0.875. The maximum absolute atomic E-state index is 12.9. The van der Waals surface area contributed by atoms with Gasteiger partial charge in [0.25, 0.3) is 0 Å². The van der Waals surface area contributed by atoms with Gasteiger partial charge >= 0.3 is 5.97 Å². The van der Waals surface area contributed by atoms with Crippen LogP contribution in [0.1, 0.15) is 49.3 Å². The Labute approximate surface area is 166 Å². The van der Waals surface area contributed by atoms with Gasteiger partial charge in [-0.3, -0.25) is 14.5 Å². The van der Waals surface area contributed by atoms with Crippen molar-refractivity contribution >= 4 is 11.9 Å². The van der Waals surface area contributed by atoms with Crippen LogP contribution in [-0.2, 0) is 16.0 Å². The summed E-state index contributed by atoms with van der Waals surface area (Å²) in [5.74, 6) is 0.447. The molecule has 154 valence electrons. The Kier molecular flexibility index (Phi) is 6.78. The van der Waals surface area contributed by atoms with Crippen LogP contribution in [-0.4, -0.2) is 67.2 Å². The van der Waals surface area contributed by atoms with Gasteiger partial charge in [0.1, 0.15) is 0 Å². The maximum Gasteiger partial charge on any atom is 0.305 e. The molecule has 28 heavy (non-hydrogen) atoms. The SMILES string of the molecule is COc1cc2c(cc1OC)C(CC(=O)O)N(CC(=O)N1CCCCCC1)CC2. The fourth-order valence-electron chi connectivity index (χ4n) is 4.27. The number of nitrogens with zero attached hydrogens (tertiary/aromatic N) is 2. The number of amides is 1. The highest BCUT2D eigenvalue weighted by atomic mass is 16.5. The molecule has 2 aliphatic heterocycles. The second-order valence-corrected chi connectivity index (χ2v) is 7.54. The van der Waals surface area contributed by atoms with E-state index in [9.17, 15) is 14.7 Å². The lowest BCUT2D eigenvalue weighted by molar-refractivity contribution is -0.140. The fraction of sp³-hybridized carbons (Fsp3) is 0.619. The third-order valence-corrected chi connectivity index (χ3v) is 5.78. The number of carbonyl (C=O) groups excluding carboxylic acids is 1. The summed E-state index contributed by atoms with van der Waals surface area (Å²) < 4.78 is 10.8. The molecular formula is C21H30N2O5. The van der Waals surface area contributed by atoms with Crippen LogP contribution in [0.3, 0.4) is 0 Å². The van der Waals surface area contributed by atoms with Crippen LogP contribution in [0.5, 0.6) is 11.5 Å². The van der Waals surface area contributed by atoms with Crippen molar-refractivity contribution < 1.29 is 24.2 Å². The molecule has 1 aromatic rings. The minimum absolute atomic E-state index is 0.0459. The van der Waals surface area contributed by atoms with Crippen LogP contribution in [0.25, 0.3) is 0 Å². The fourth-order valence-corrected chi connectivity index (χ4v) is 4.27. The number of benzene rings is 1. The molecule has 0 radical (unpaired) electrons. The summed E-state index contributed by atoms with van der Waals surface area (Å²) >= 11 is 0. The zero-order valence-electron chi connectivity index (χ0n) is 16.8. The Balaban J connectivity index is 1.84. The second-order valence-electron chi connectivity index (χ2n) is 7.54. The predicted molar refractivity (Wildman–Crippen MR) is 105 cm³/mol. The number of carboxylic acid groups (broad SMARTS) is 1. The maximum atomic E-state index is 12.9. The van der Waals surface area contributed by atoms with Crippen molar-refractivity contribution in [3.8, 4) is 11.5 Å². The van der Waals surface area contributed by atoms with Gasteiger partial charge in [0.15, 0.2) is 11.5 Å². The molecule has 2 aliphatic rings. The van der Waals surface area contributed by atoms with Gasteiger partial charge in [0.2, 0.25) is 5.91 Å². The quantitative estimate of drug-likeness (QED) is 0.804. The van der Waals surface area contributed by atoms with Crippen molar-refractivity contribution in [2.45, 2.75) is 44.6 Å². The molecule has 1 atom stereocenters. The number of carboxylic acids is 1. The van der Waals surface area contributed by atoms with Crippen LogP contribution in [0.2, 0.25) is 0 Å². The van der Waals surface area contributed by atoms with Crippen molar-refractivity contribution in [2.24, 2.45) is 0 Å². The van der Waals surface area contributed by atoms with Crippen molar-refractivity contribution in [1.82, 2.24) is 9.80 Å². The number of carbonyl (C=O) groups is 2. The van der Waals surface area contributed by atoms with Crippen LogP contribution in [0.4, 0.5) is 0 Å². The molecule has 0 aliphatic carbocycles. The minimum Gasteiger partial charge on any atom is -0.493 e. The van der Waals surface area contributed by atoms with E-state index in [-0.39, 0.29) is 24.9 Å². The monoisotopic (exact) mass is 390 g/mol. The van der Waals surface area contributed by atoms with E-state index in [0.717, 1.165) is 43.5 Å². The molecule has 1 saturated heterocycles. The van der Waals surface area contributed by atoms with Gasteiger partial charge in [0.05, 0.1) is 27.2 Å². The number of methoxy groups -OCH3 is 2. The first-order valence-corrected chi connectivity index (χ1v) is 10.0. The molecule has 7 heteroatoms. The Morgan fingerprint density at radius 3 is 2.29 bits per heavy atom. The average molecular weight is 390 g/mol. The first-order valence-electron chi connectivity index (χ1n) is 10.0. The molecule has 1 unspecified atom stereocenters. The topological polar surface area (TPSA) is 79.3 Å². The van der Waals surface area contributed by atoms with E-state index in [0.29, 0.717) is 18.0 Å². The lowest BCUT2D eigenvalue weighted by Crippen LogP contribution is -2.45. The van der Waals surface area contributed by atoms with E-state index in [1.54, 1.807) is 14.2 Å². The summed E-state index contributed by atoms with van der Waals surface area (Å²) in [4.78, 5) is 28.4. The average Bonchev–Trinajstić information content (AvgIpc) is 2.98. The van der Waals surface area contributed by atoms with Gasteiger partial charge < -0.3 is 19.5 Å². The highest BCUT2D eigenvalue weighted by Gasteiger charge is 2.32. The molecule has 1 fully saturated rings. The Morgan fingerprint density at radius 1 is 1.04 bits per heavy atom. The highest BCUT2D eigenvalue weighted by molar-refractivity contribution is 5.78. The summed E-state index contributed by atoms with van der Waals surface area (Å²) in [5, 5.41) is 9.48. The number of aliphatic carboxylic acids is 1. The number of likely N-dealkylation sites (tertiary alicyclic amines) is 1. The molecule has 3 rings (SSSR count). The van der Waals surface area contributed by atoms with Crippen molar-refractivity contribution in [1.29, 1.82) is 0 Å². The molecular weight excluding hydrogens is 360 g/mol. The number of ether oxygens (including phenoxy) is 2. The molecule has 0 spiro atoms. The molecule has 0 bridgehead atoms. The van der Waals surface area contributed by atoms with Gasteiger partial charge in [-0.15, -0.1) is 0 Å². The molecule has 1 N–H and O–H groups in total. The van der Waals surface area contributed by atoms with Crippen LogP contribution in [0, 0.1) is 0 Å². The number of fused-ring (bicyclic) bond motifs is 1. The molecule has 1 amide bonds. The van der Waals surface area contributed by atoms with Gasteiger partial charge in [-0.2, -0.15) is 0 Å². The van der Waals surface area contributed by atoms with E-state index in [4.69, 9.17) is 9.47 Å². The van der Waals surface area contributed by atoms with Crippen molar-refractivity contribution in [3.05, 3.63) is 23.3 Å². The molecule has 2 heterocycles. The number of hydrogen-bond acceptors (Lipinski definition) is 5. The molecule has 7 nitrogen and oxygen atoms in total. The summed E-state index contributed by atoms with van der Waals surface area (Å²) in [7, 11) is 3.16. The predicted octanol–water partition coefficient (Wildman–Crippen LogP) is 2.48. The van der Waals surface area contributed by atoms with E-state index in [2.05, 4.69) is 0 Å². The van der Waals surface area contributed by atoms with Crippen LogP contribution < -0.4 is 9.47 Å². The summed E-state index contributed by atoms with van der Waals surface area (Å²) in [5.41, 5.74) is 1.97. The zero-order chi connectivity index (χ0) is 20.1. The van der Waals surface area contributed by atoms with Gasteiger partial charge in [-0.05, 0) is 42.5 Å². The third kappa shape index (κ3) is 4.58. The van der Waals surface area contributed by atoms with E-state index in [1.807, 2.05) is 21.9 Å². The second kappa shape index (κ2) is 9.28. The van der Waals surface area contributed by atoms with E-state index < -0.39 is 5.97 Å². The normalized spacial score (nSPS) is 20.2. The zero-order valence-corrected chi connectivity index (χ0v) is 16.8. The molecule has 0 aromatic heterocycles. The smallest absolute Gasteiger partial charge is 0.305 e. The van der Waals surface area contributed by atoms with Gasteiger partial charge in [0, 0.05) is 25.7 Å². The summed E-state index contributed by atoms with van der Waals surface area (Å²) in [6.45, 7) is 2.52. The third-order valence-electron chi connectivity index (χ3n) is 5.78. The molecule has 0 saturated carbocycles. The Bertz CT molecular complexity index is 713. The first-order chi connectivity index (χ1) is 13.5. The van der Waals surface area contributed by atoms with Gasteiger partial charge in [-0.25, -0.2) is 0 Å². The van der Waals surface area contributed by atoms with Crippen molar-refractivity contribution in [2.75, 3.05) is 40.4 Å². The summed E-state index contributed by atoms with van der Waals surface area (Å²) in [6, 6.07) is 3.44. The standard InChI is InChI=1S/C21H30N2O5/c1-27-18-11-15-7-10-23(14-20(24)22-8-5-3-4-6-9-22)17(13-21(25)26)16(15)12-19(18)28-2/h11-12,17H,3-10,13-14H2,1-2H3,(H,25,26). The van der Waals surface area contributed by atoms with Crippen molar-refractivity contribution in [3.63, 3.8) is 0 Å². The number of rotatable bonds is 6. The van der Waals surface area contributed by atoms with E-state index >= 15 is 0 Å². The van der Waals surface area contributed by atoms with Gasteiger partial charge in [-0.1, -0.05) is 12.8 Å². The lowest BCUT2D eigenvalue weighted by atomic mass is 9.90. The largest absolute Gasteiger partial charge is 0.493 e. The summed E-state index contributed by atoms with van der Waals surface area (Å²) in [6.07, 6.45) is 5.14. The Hall–Kier alpha value is -2.28. The van der Waals surface area contributed by atoms with E-state index in [1.165, 1.54) is 12.8 Å². The van der Waals surface area contributed by atoms with Crippen LogP contribution in [0.15, 0.2) is 12.1 Å². The Morgan fingerprint density at radius 2 is 1.68 bits per heavy atom. The first kappa shape index (κ1) is 20.5. The highest BCUT2D eigenvalue weighted by Crippen LogP contribution is 2.39. The number of hydrogen-bond donors (Lipinski definition) is 1.